The topological polar surface area (TPSA) is 104 Å². The lowest BCUT2D eigenvalue weighted by molar-refractivity contribution is 0.597. The average Bonchev–Trinajstić information content (AvgIpc) is 2.85. The molecule has 8 heteroatoms. The predicted molar refractivity (Wildman–Crippen MR) is 57.4 cm³/mol. The van der Waals surface area contributed by atoms with Gasteiger partial charge < -0.3 is 4.98 Å². The third-order valence-corrected chi connectivity index (χ3v) is 3.25. The Balaban J connectivity index is 2.25. The smallest absolute Gasteiger partial charge is 0.280 e. The van der Waals surface area contributed by atoms with Crippen LogP contribution in [0.4, 0.5) is 5.82 Å². The van der Waals surface area contributed by atoms with E-state index in [-0.39, 0.29) is 5.03 Å². The molecule has 0 aliphatic carbocycles. The highest BCUT2D eigenvalue weighted by atomic mass is 32.2. The van der Waals surface area contributed by atoms with Crippen LogP contribution in [0, 0.1) is 0 Å². The zero-order valence-corrected chi connectivity index (χ0v) is 9.37. The molecule has 86 valence electrons. The molecule has 0 spiro atoms. The number of nitrogens with one attached hydrogen (secondary N) is 3. The number of nitrogens with zero attached hydrogens (tertiary/aromatic N) is 2. The summed E-state index contributed by atoms with van der Waals surface area (Å²) >= 11 is 0. The first-order valence-corrected chi connectivity index (χ1v) is 6.16. The van der Waals surface area contributed by atoms with Crippen LogP contribution >= 0.6 is 0 Å². The Morgan fingerprint density at radius 3 is 2.88 bits per heavy atom. The number of imidazole rings is 1. The first kappa shape index (κ1) is 10.7. The van der Waals surface area contributed by atoms with Gasteiger partial charge in [-0.1, -0.05) is 6.92 Å². The zero-order valence-electron chi connectivity index (χ0n) is 8.56. The molecule has 16 heavy (non-hydrogen) atoms. The van der Waals surface area contributed by atoms with E-state index >= 15 is 0 Å². The summed E-state index contributed by atoms with van der Waals surface area (Å²) in [6.45, 7) is 1.89. The number of hydrogen-bond donors (Lipinski definition) is 3. The summed E-state index contributed by atoms with van der Waals surface area (Å²) in [4.78, 5) is 6.65. The van der Waals surface area contributed by atoms with Gasteiger partial charge in [-0.05, 0) is 0 Å². The van der Waals surface area contributed by atoms with Gasteiger partial charge in [0.15, 0.2) is 5.03 Å². The standard InChI is InChI=1S/C8H11N5O2S/c1-2-6-9-5-8(11-6)16(14,15)13-7-3-4-10-12-7/h3-5H,2H2,1H3,(H,9,11)(H2,10,12,13). The Morgan fingerprint density at radius 2 is 2.31 bits per heavy atom. The second-order valence-electron chi connectivity index (χ2n) is 3.12. The van der Waals surface area contributed by atoms with Crippen LogP contribution in [0.5, 0.6) is 0 Å². The number of aromatic nitrogens is 4. The maximum Gasteiger partial charge on any atom is 0.280 e. The molecule has 2 aromatic heterocycles. The van der Waals surface area contributed by atoms with Crippen molar-refractivity contribution in [3.05, 3.63) is 24.3 Å². The number of aryl methyl sites for hydroxylation is 1. The van der Waals surface area contributed by atoms with Crippen LogP contribution in [0.2, 0.25) is 0 Å². The van der Waals surface area contributed by atoms with Gasteiger partial charge in [-0.25, -0.2) is 4.98 Å². The van der Waals surface area contributed by atoms with Crippen LogP contribution in [-0.2, 0) is 16.4 Å². The molecular weight excluding hydrogens is 230 g/mol. The second kappa shape index (κ2) is 3.97. The number of anilines is 1. The molecule has 0 unspecified atom stereocenters. The molecule has 3 N–H and O–H groups in total. The van der Waals surface area contributed by atoms with E-state index in [1.807, 2.05) is 6.92 Å². The van der Waals surface area contributed by atoms with Crippen molar-refractivity contribution in [3.8, 4) is 0 Å². The van der Waals surface area contributed by atoms with Crippen molar-refractivity contribution < 1.29 is 8.42 Å². The van der Waals surface area contributed by atoms with Gasteiger partial charge in [-0.2, -0.15) is 13.5 Å². The molecule has 0 amide bonds. The molecule has 0 aromatic carbocycles. The highest BCUT2D eigenvalue weighted by molar-refractivity contribution is 7.92. The second-order valence-corrected chi connectivity index (χ2v) is 4.77. The van der Waals surface area contributed by atoms with E-state index in [0.717, 1.165) is 0 Å². The van der Waals surface area contributed by atoms with Crippen LogP contribution in [0.15, 0.2) is 23.5 Å². The Labute approximate surface area is 92.4 Å². The van der Waals surface area contributed by atoms with Crippen LogP contribution in [0.3, 0.4) is 0 Å². The molecular formula is C8H11N5O2S. The Hall–Kier alpha value is -1.83. The van der Waals surface area contributed by atoms with Crippen molar-refractivity contribution in [2.75, 3.05) is 4.72 Å². The van der Waals surface area contributed by atoms with Gasteiger partial charge in [0.25, 0.3) is 10.0 Å². The highest BCUT2D eigenvalue weighted by Gasteiger charge is 2.17. The van der Waals surface area contributed by atoms with Gasteiger partial charge in [0.2, 0.25) is 0 Å². The molecule has 0 bridgehead atoms. The van der Waals surface area contributed by atoms with Crippen molar-refractivity contribution in [3.63, 3.8) is 0 Å². The van der Waals surface area contributed by atoms with Gasteiger partial charge >= 0.3 is 0 Å². The number of hydrogen-bond acceptors (Lipinski definition) is 4. The van der Waals surface area contributed by atoms with E-state index in [2.05, 4.69) is 24.9 Å². The molecule has 2 aromatic rings. The fourth-order valence-corrected chi connectivity index (χ4v) is 2.13. The first-order chi connectivity index (χ1) is 7.62. The molecule has 0 aliphatic rings. The monoisotopic (exact) mass is 241 g/mol. The van der Waals surface area contributed by atoms with Crippen LogP contribution in [0.1, 0.15) is 12.7 Å². The number of rotatable bonds is 4. The molecule has 2 heterocycles. The fourth-order valence-electron chi connectivity index (χ4n) is 1.17. The predicted octanol–water partition coefficient (Wildman–Crippen LogP) is 0.496. The lowest BCUT2D eigenvalue weighted by Gasteiger charge is -2.02. The summed E-state index contributed by atoms with van der Waals surface area (Å²) in [5.74, 6) is 0.942. The van der Waals surface area contributed by atoms with E-state index in [9.17, 15) is 8.42 Å². The SMILES string of the molecule is CCc1ncc(S(=O)(=O)Nc2ccn[nH]2)[nH]1. The maximum atomic E-state index is 11.8. The number of aromatic amines is 2. The summed E-state index contributed by atoms with van der Waals surface area (Å²) in [5, 5.41) is 6.19. The molecule has 0 atom stereocenters. The lowest BCUT2D eigenvalue weighted by Crippen LogP contribution is -2.13. The summed E-state index contributed by atoms with van der Waals surface area (Å²) in [6, 6.07) is 1.52. The summed E-state index contributed by atoms with van der Waals surface area (Å²) in [7, 11) is -3.61. The average molecular weight is 241 g/mol. The summed E-state index contributed by atoms with van der Waals surface area (Å²) in [5.41, 5.74) is 0. The molecule has 7 nitrogen and oxygen atoms in total. The molecule has 2 rings (SSSR count). The van der Waals surface area contributed by atoms with Gasteiger partial charge in [-0.15, -0.1) is 0 Å². The van der Waals surface area contributed by atoms with E-state index in [1.54, 1.807) is 0 Å². The van der Waals surface area contributed by atoms with Gasteiger partial charge in [-0.3, -0.25) is 9.82 Å². The highest BCUT2D eigenvalue weighted by Crippen LogP contribution is 2.11. The molecule has 0 saturated heterocycles. The fraction of sp³-hybridized carbons (Fsp3) is 0.250. The molecule has 0 radical (unpaired) electrons. The number of sulfonamides is 1. The van der Waals surface area contributed by atoms with Crippen molar-refractivity contribution in [2.45, 2.75) is 18.4 Å². The normalized spacial score (nSPS) is 11.6. The third kappa shape index (κ3) is 2.06. The quantitative estimate of drug-likeness (QED) is 0.724. The van der Waals surface area contributed by atoms with Crippen molar-refractivity contribution in [1.82, 2.24) is 20.2 Å². The van der Waals surface area contributed by atoms with Gasteiger partial charge in [0.1, 0.15) is 11.6 Å². The van der Waals surface area contributed by atoms with Crippen molar-refractivity contribution in [2.24, 2.45) is 0 Å². The van der Waals surface area contributed by atoms with Gasteiger partial charge in [0, 0.05) is 12.5 Å². The maximum absolute atomic E-state index is 11.8. The Kier molecular flexibility index (Phi) is 2.65. The van der Waals surface area contributed by atoms with E-state index < -0.39 is 10.0 Å². The first-order valence-electron chi connectivity index (χ1n) is 4.68. The van der Waals surface area contributed by atoms with E-state index in [0.29, 0.717) is 18.1 Å². The minimum atomic E-state index is -3.61. The van der Waals surface area contributed by atoms with Crippen LogP contribution in [0.25, 0.3) is 0 Å². The van der Waals surface area contributed by atoms with Gasteiger partial charge in [0.05, 0.1) is 12.4 Å². The summed E-state index contributed by atoms with van der Waals surface area (Å²) in [6.07, 6.45) is 3.40. The summed E-state index contributed by atoms with van der Waals surface area (Å²) < 4.78 is 25.9. The molecule has 0 saturated carbocycles. The van der Waals surface area contributed by atoms with E-state index in [4.69, 9.17) is 0 Å². The van der Waals surface area contributed by atoms with Crippen LogP contribution in [-0.4, -0.2) is 28.6 Å². The Morgan fingerprint density at radius 1 is 1.50 bits per heavy atom. The number of H-pyrrole nitrogens is 2. The molecule has 0 aliphatic heterocycles. The van der Waals surface area contributed by atoms with Crippen molar-refractivity contribution >= 4 is 15.8 Å². The zero-order chi connectivity index (χ0) is 11.6. The third-order valence-electron chi connectivity index (χ3n) is 1.97. The Bertz CT molecular complexity index is 557. The largest absolute Gasteiger partial charge is 0.332 e. The van der Waals surface area contributed by atoms with Crippen LogP contribution < -0.4 is 4.72 Å². The van der Waals surface area contributed by atoms with E-state index in [1.165, 1.54) is 18.5 Å². The lowest BCUT2D eigenvalue weighted by atomic mass is 10.5. The molecule has 0 fully saturated rings. The minimum Gasteiger partial charge on any atom is -0.332 e. The minimum absolute atomic E-state index is 0.0407. The van der Waals surface area contributed by atoms with Crippen molar-refractivity contribution in [1.29, 1.82) is 0 Å².